The third-order valence-corrected chi connectivity index (χ3v) is 2.68. The number of para-hydroxylation sites is 1. The maximum absolute atomic E-state index is 11.0. The molecule has 19 heavy (non-hydrogen) atoms. The first-order valence-corrected chi connectivity index (χ1v) is 6.57. The highest BCUT2D eigenvalue weighted by Gasteiger charge is 2.33. The van der Waals surface area contributed by atoms with E-state index < -0.39 is 22.0 Å². The van der Waals surface area contributed by atoms with Gasteiger partial charge in [-0.3, -0.25) is 9.35 Å². The number of carbonyl (C=O) groups excluding carboxylic acids is 1. The van der Waals surface area contributed by atoms with E-state index in [1.807, 2.05) is 24.3 Å². The molecule has 0 atom stereocenters. The molecular weight excluding hydrogens is 287 g/mol. The fraction of sp³-hybridized carbons (Fsp3) is 0.300. The van der Waals surface area contributed by atoms with E-state index in [0.29, 0.717) is 6.42 Å². The molecule has 0 saturated heterocycles. The molecule has 0 saturated carbocycles. The Morgan fingerprint density at radius 2 is 1.84 bits per heavy atom. The van der Waals surface area contributed by atoms with Gasteiger partial charge < -0.3 is 5.32 Å². The number of amides is 1. The van der Waals surface area contributed by atoms with Crippen LogP contribution in [-0.2, 0) is 21.3 Å². The predicted octanol–water partition coefficient (Wildman–Crippen LogP) is 1.62. The van der Waals surface area contributed by atoms with Crippen molar-refractivity contribution in [1.29, 1.82) is 0 Å². The van der Waals surface area contributed by atoms with Crippen LogP contribution in [0.25, 0.3) is 0 Å². The summed E-state index contributed by atoms with van der Waals surface area (Å²) in [6.07, 6.45) is -4.32. The lowest BCUT2D eigenvalue weighted by molar-refractivity contribution is -0.115. The van der Waals surface area contributed by atoms with Gasteiger partial charge in [0.25, 0.3) is 10.1 Å². The van der Waals surface area contributed by atoms with Crippen molar-refractivity contribution in [1.82, 2.24) is 0 Å². The number of rotatable bonds is 1. The maximum atomic E-state index is 11.0. The van der Waals surface area contributed by atoms with Gasteiger partial charge in [0.1, 0.15) is 0 Å². The Labute approximate surface area is 107 Å². The van der Waals surface area contributed by atoms with Crippen molar-refractivity contribution in [3.05, 3.63) is 29.8 Å². The topological polar surface area (TPSA) is 83.5 Å². The van der Waals surface area contributed by atoms with E-state index in [4.69, 9.17) is 4.55 Å². The molecule has 0 bridgehead atoms. The fourth-order valence-electron chi connectivity index (χ4n) is 1.37. The Balaban J connectivity index is 0.000000192. The molecule has 106 valence electrons. The number of alkyl halides is 3. The second-order valence-corrected chi connectivity index (χ2v) is 5.18. The first-order valence-electron chi connectivity index (χ1n) is 4.96. The van der Waals surface area contributed by atoms with E-state index in [1.165, 1.54) is 0 Å². The number of halogens is 3. The van der Waals surface area contributed by atoms with Crippen LogP contribution < -0.4 is 5.32 Å². The Morgan fingerprint density at radius 1 is 1.26 bits per heavy atom. The summed E-state index contributed by atoms with van der Waals surface area (Å²) in [6.45, 7) is 0. The Kier molecular flexibility index (Phi) is 4.53. The van der Waals surface area contributed by atoms with E-state index in [9.17, 15) is 26.4 Å². The number of benzene rings is 1. The summed E-state index contributed by atoms with van der Waals surface area (Å²) in [5.74, 6) is -2.08. The Morgan fingerprint density at radius 3 is 2.26 bits per heavy atom. The van der Waals surface area contributed by atoms with Gasteiger partial charge in [-0.25, -0.2) is 0 Å². The van der Waals surface area contributed by atoms with Crippen LogP contribution >= 0.6 is 0 Å². The molecular formula is C10H10F3NO4S. The molecule has 1 aromatic rings. The first-order chi connectivity index (χ1) is 8.57. The van der Waals surface area contributed by atoms with Crippen LogP contribution in [0, 0.1) is 0 Å². The van der Waals surface area contributed by atoms with Gasteiger partial charge in [0.05, 0.1) is 6.42 Å². The van der Waals surface area contributed by atoms with E-state index in [2.05, 4.69) is 5.32 Å². The molecule has 0 fully saturated rings. The van der Waals surface area contributed by atoms with E-state index in [0.717, 1.165) is 11.3 Å². The van der Waals surface area contributed by atoms with Crippen molar-refractivity contribution in [2.24, 2.45) is 0 Å². The molecule has 0 spiro atoms. The average Bonchev–Trinajstić information content (AvgIpc) is 2.52. The fourth-order valence-corrected chi connectivity index (χ4v) is 1.78. The van der Waals surface area contributed by atoms with Gasteiger partial charge in [0.2, 0.25) is 5.91 Å². The number of carbonyl (C=O) groups is 1. The van der Waals surface area contributed by atoms with Crippen LogP contribution in [0.4, 0.5) is 18.9 Å². The van der Waals surface area contributed by atoms with Crippen molar-refractivity contribution in [2.75, 3.05) is 11.1 Å². The highest BCUT2D eigenvalue weighted by Crippen LogP contribution is 2.21. The predicted molar refractivity (Wildman–Crippen MR) is 61.2 cm³/mol. The van der Waals surface area contributed by atoms with Gasteiger partial charge >= 0.3 is 6.18 Å². The molecule has 1 amide bonds. The van der Waals surface area contributed by atoms with Crippen molar-refractivity contribution >= 4 is 21.7 Å². The van der Waals surface area contributed by atoms with Gasteiger partial charge in [-0.2, -0.15) is 21.6 Å². The van der Waals surface area contributed by atoms with Crippen molar-refractivity contribution in [3.8, 4) is 0 Å². The van der Waals surface area contributed by atoms with E-state index in [-0.39, 0.29) is 5.91 Å². The summed E-state index contributed by atoms with van der Waals surface area (Å²) in [5, 5.41) is 2.76. The smallest absolute Gasteiger partial charge is 0.326 e. The minimum Gasteiger partial charge on any atom is -0.326 e. The minimum atomic E-state index is -4.91. The zero-order valence-electron chi connectivity index (χ0n) is 9.44. The lowest BCUT2D eigenvalue weighted by Gasteiger charge is -2.00. The molecule has 1 heterocycles. The standard InChI is InChI=1S/C8H7NO.C2H3F3O3S/c10-8-5-6-3-1-2-4-7(6)9-8;3-2(4,5)1-9(6,7)8/h1-4H,5H2,(H,9,10);1H2,(H,6,7,8). The summed E-state index contributed by atoms with van der Waals surface area (Å²) in [7, 11) is -4.91. The average molecular weight is 297 g/mol. The molecule has 5 nitrogen and oxygen atoms in total. The van der Waals surface area contributed by atoms with Gasteiger partial charge in [-0.15, -0.1) is 0 Å². The zero-order chi connectivity index (χ0) is 14.7. The Bertz CT molecular complexity index is 541. The first kappa shape index (κ1) is 15.4. The molecule has 0 aliphatic carbocycles. The molecule has 0 unspecified atom stereocenters. The second kappa shape index (κ2) is 5.57. The third kappa shape index (κ3) is 6.20. The highest BCUT2D eigenvalue weighted by molar-refractivity contribution is 7.85. The van der Waals surface area contributed by atoms with Crippen LogP contribution in [0.5, 0.6) is 0 Å². The number of anilines is 1. The van der Waals surface area contributed by atoms with Crippen LogP contribution in [0.15, 0.2) is 24.3 Å². The van der Waals surface area contributed by atoms with Gasteiger partial charge in [-0.05, 0) is 11.6 Å². The van der Waals surface area contributed by atoms with Crippen molar-refractivity contribution in [2.45, 2.75) is 12.6 Å². The van der Waals surface area contributed by atoms with Crippen LogP contribution in [0.3, 0.4) is 0 Å². The molecule has 1 aliphatic rings. The molecule has 1 aromatic carbocycles. The lowest BCUT2D eigenvalue weighted by Crippen LogP contribution is -2.21. The highest BCUT2D eigenvalue weighted by atomic mass is 32.2. The molecule has 1 aliphatic heterocycles. The molecule has 0 radical (unpaired) electrons. The summed E-state index contributed by atoms with van der Waals surface area (Å²) in [6, 6.07) is 7.75. The largest absolute Gasteiger partial charge is 0.405 e. The number of hydrogen-bond acceptors (Lipinski definition) is 3. The zero-order valence-corrected chi connectivity index (χ0v) is 10.3. The third-order valence-electron chi connectivity index (χ3n) is 1.99. The normalized spacial score (nSPS) is 14.2. The summed E-state index contributed by atoms with van der Waals surface area (Å²) < 4.78 is 59.6. The molecule has 2 rings (SSSR count). The number of fused-ring (bicyclic) bond motifs is 1. The molecule has 2 N–H and O–H groups in total. The van der Waals surface area contributed by atoms with Crippen LogP contribution in [-0.4, -0.2) is 30.8 Å². The summed E-state index contributed by atoms with van der Waals surface area (Å²) >= 11 is 0. The monoisotopic (exact) mass is 297 g/mol. The second-order valence-electron chi connectivity index (χ2n) is 3.72. The van der Waals surface area contributed by atoms with Gasteiger partial charge in [-0.1, -0.05) is 18.2 Å². The van der Waals surface area contributed by atoms with Crippen LogP contribution in [0.1, 0.15) is 5.56 Å². The lowest BCUT2D eigenvalue weighted by atomic mass is 10.2. The number of nitrogens with one attached hydrogen (secondary N) is 1. The molecule has 0 aromatic heterocycles. The van der Waals surface area contributed by atoms with E-state index >= 15 is 0 Å². The molecule has 9 heteroatoms. The van der Waals surface area contributed by atoms with Crippen molar-refractivity contribution < 1.29 is 30.9 Å². The quantitative estimate of drug-likeness (QED) is 0.772. The number of hydrogen-bond donors (Lipinski definition) is 2. The summed E-state index contributed by atoms with van der Waals surface area (Å²) in [5.41, 5.74) is 2.07. The van der Waals surface area contributed by atoms with E-state index in [1.54, 1.807) is 0 Å². The maximum Gasteiger partial charge on any atom is 0.405 e. The van der Waals surface area contributed by atoms with Gasteiger partial charge in [0.15, 0.2) is 5.75 Å². The Hall–Kier alpha value is -1.61. The summed E-state index contributed by atoms with van der Waals surface area (Å²) in [4.78, 5) is 10.8. The van der Waals surface area contributed by atoms with Crippen LogP contribution in [0.2, 0.25) is 0 Å². The van der Waals surface area contributed by atoms with Gasteiger partial charge in [0, 0.05) is 5.69 Å². The SMILES string of the molecule is O=C1Cc2ccccc2N1.O=S(=O)(O)CC(F)(F)F. The van der Waals surface area contributed by atoms with Crippen molar-refractivity contribution in [3.63, 3.8) is 0 Å². The minimum absolute atomic E-state index is 0.0983.